The predicted octanol–water partition coefficient (Wildman–Crippen LogP) is -0.827. The van der Waals surface area contributed by atoms with Crippen LogP contribution in [0.3, 0.4) is 0 Å². The molecule has 2 saturated heterocycles. The van der Waals surface area contributed by atoms with Gasteiger partial charge in [-0.05, 0) is 25.0 Å². The molecular weight excluding hydrogens is 370 g/mol. The molecular formula is C17H25N5O4S. The molecule has 0 radical (unpaired) electrons. The van der Waals surface area contributed by atoms with Crippen molar-refractivity contribution < 1.29 is 18.0 Å². The van der Waals surface area contributed by atoms with Gasteiger partial charge in [0, 0.05) is 57.6 Å². The fraction of sp³-hybridized carbons (Fsp3) is 0.588. The second kappa shape index (κ2) is 8.77. The Morgan fingerprint density at radius 1 is 1.37 bits per heavy atom. The summed E-state index contributed by atoms with van der Waals surface area (Å²) in [6, 6.07) is 3.05. The maximum Gasteiger partial charge on any atom is 0.242 e. The van der Waals surface area contributed by atoms with Crippen molar-refractivity contribution in [1.82, 2.24) is 24.8 Å². The van der Waals surface area contributed by atoms with Gasteiger partial charge in [-0.15, -0.1) is 0 Å². The van der Waals surface area contributed by atoms with Crippen LogP contribution < -0.4 is 10.0 Å². The van der Waals surface area contributed by atoms with Gasteiger partial charge in [-0.25, -0.2) is 13.1 Å². The van der Waals surface area contributed by atoms with E-state index in [2.05, 4.69) is 15.0 Å². The van der Waals surface area contributed by atoms with Gasteiger partial charge in [-0.2, -0.15) is 0 Å². The Kier molecular flexibility index (Phi) is 6.40. The fourth-order valence-electron chi connectivity index (χ4n) is 3.48. The number of rotatable bonds is 6. The van der Waals surface area contributed by atoms with Crippen LogP contribution in [0.4, 0.5) is 0 Å². The third-order valence-corrected chi connectivity index (χ3v) is 6.34. The van der Waals surface area contributed by atoms with E-state index < -0.39 is 10.0 Å². The zero-order chi connectivity index (χ0) is 19.3. The minimum atomic E-state index is -3.66. The van der Waals surface area contributed by atoms with E-state index in [4.69, 9.17) is 0 Å². The molecule has 0 bridgehead atoms. The summed E-state index contributed by atoms with van der Waals surface area (Å²) in [6.45, 7) is 2.97. The summed E-state index contributed by atoms with van der Waals surface area (Å²) in [6.07, 6.45) is 4.59. The van der Waals surface area contributed by atoms with E-state index in [-0.39, 0.29) is 35.7 Å². The number of carbonyl (C=O) groups is 2. The molecule has 2 aliphatic rings. The first-order valence-electron chi connectivity index (χ1n) is 9.15. The number of amides is 2. The fourth-order valence-corrected chi connectivity index (χ4v) is 4.48. The Balaban J connectivity index is 1.50. The van der Waals surface area contributed by atoms with Crippen LogP contribution >= 0.6 is 0 Å². The van der Waals surface area contributed by atoms with Crippen LogP contribution in [0.5, 0.6) is 0 Å². The largest absolute Gasteiger partial charge is 0.341 e. The van der Waals surface area contributed by atoms with Crippen molar-refractivity contribution in [2.75, 3.05) is 39.3 Å². The van der Waals surface area contributed by atoms with E-state index in [1.165, 1.54) is 18.5 Å². The quantitative estimate of drug-likeness (QED) is 0.651. The van der Waals surface area contributed by atoms with Crippen LogP contribution in [0.25, 0.3) is 0 Å². The van der Waals surface area contributed by atoms with Crippen LogP contribution in [-0.2, 0) is 19.6 Å². The first-order chi connectivity index (χ1) is 13.0. The van der Waals surface area contributed by atoms with Crippen molar-refractivity contribution in [2.24, 2.45) is 0 Å². The summed E-state index contributed by atoms with van der Waals surface area (Å²) in [5.74, 6) is -0.0269. The number of carbonyl (C=O) groups excluding carboxylic acids is 2. The van der Waals surface area contributed by atoms with E-state index in [0.29, 0.717) is 26.2 Å². The molecule has 1 aromatic heterocycles. The number of aromatic nitrogens is 1. The number of nitrogens with zero attached hydrogens (tertiary/aromatic N) is 3. The number of pyridine rings is 1. The van der Waals surface area contributed by atoms with Crippen molar-refractivity contribution >= 4 is 21.8 Å². The Hall–Kier alpha value is -2.04. The van der Waals surface area contributed by atoms with E-state index in [1.807, 2.05) is 4.90 Å². The molecule has 3 heterocycles. The van der Waals surface area contributed by atoms with Gasteiger partial charge in [0.05, 0.1) is 6.54 Å². The highest BCUT2D eigenvalue weighted by molar-refractivity contribution is 7.89. The lowest BCUT2D eigenvalue weighted by Gasteiger charge is -2.41. The molecule has 0 saturated carbocycles. The highest BCUT2D eigenvalue weighted by atomic mass is 32.2. The molecule has 0 aliphatic carbocycles. The first-order valence-corrected chi connectivity index (χ1v) is 10.6. The number of piperidine rings is 1. The minimum absolute atomic E-state index is 0.0315. The smallest absolute Gasteiger partial charge is 0.242 e. The van der Waals surface area contributed by atoms with Gasteiger partial charge in [0.25, 0.3) is 0 Å². The van der Waals surface area contributed by atoms with Crippen molar-refractivity contribution in [2.45, 2.75) is 30.2 Å². The number of hydrogen-bond acceptors (Lipinski definition) is 6. The maximum absolute atomic E-state index is 12.5. The Morgan fingerprint density at radius 2 is 2.22 bits per heavy atom. The summed E-state index contributed by atoms with van der Waals surface area (Å²) >= 11 is 0. The molecule has 1 atom stereocenters. The molecule has 2 amide bonds. The van der Waals surface area contributed by atoms with E-state index in [9.17, 15) is 18.0 Å². The standard InChI is InChI=1S/C17H25N5O4S/c23-16(5-7-20-27(25,26)15-4-1-6-18-11-15)21-9-2-3-14(13-21)22-10-8-19-12-17(22)24/h1,4,6,11,14,19-20H,2-3,5,7-10,12-13H2. The van der Waals surface area contributed by atoms with Crippen LogP contribution in [0.2, 0.25) is 0 Å². The SMILES string of the molecule is O=C(CCNS(=O)(=O)c1cccnc1)N1CCCC(N2CCNCC2=O)C1. The molecule has 2 aliphatic heterocycles. The summed E-state index contributed by atoms with van der Waals surface area (Å²) in [7, 11) is -3.66. The molecule has 10 heteroatoms. The number of sulfonamides is 1. The van der Waals surface area contributed by atoms with Gasteiger partial charge < -0.3 is 15.1 Å². The highest BCUT2D eigenvalue weighted by Gasteiger charge is 2.31. The molecule has 2 fully saturated rings. The first kappa shape index (κ1) is 19.7. The normalized spacial score (nSPS) is 21.3. The van der Waals surface area contributed by atoms with Crippen molar-refractivity contribution in [3.63, 3.8) is 0 Å². The Labute approximate surface area is 159 Å². The average molecular weight is 395 g/mol. The lowest BCUT2D eigenvalue weighted by molar-refractivity contribution is -0.140. The summed E-state index contributed by atoms with van der Waals surface area (Å²) in [5, 5.41) is 3.05. The molecule has 1 unspecified atom stereocenters. The van der Waals surface area contributed by atoms with E-state index >= 15 is 0 Å². The van der Waals surface area contributed by atoms with E-state index in [1.54, 1.807) is 11.0 Å². The topological polar surface area (TPSA) is 112 Å². The van der Waals surface area contributed by atoms with Crippen molar-refractivity contribution in [3.8, 4) is 0 Å². The zero-order valence-electron chi connectivity index (χ0n) is 15.1. The Bertz CT molecular complexity index is 771. The molecule has 9 nitrogen and oxygen atoms in total. The molecule has 148 valence electrons. The van der Waals surface area contributed by atoms with Crippen LogP contribution in [-0.4, -0.2) is 80.3 Å². The van der Waals surface area contributed by atoms with Crippen LogP contribution in [0.1, 0.15) is 19.3 Å². The third kappa shape index (κ3) is 5.02. The molecule has 0 spiro atoms. The highest BCUT2D eigenvalue weighted by Crippen LogP contribution is 2.17. The number of likely N-dealkylation sites (tertiary alicyclic amines) is 1. The summed E-state index contributed by atoms with van der Waals surface area (Å²) in [4.78, 5) is 32.0. The van der Waals surface area contributed by atoms with Crippen LogP contribution in [0, 0.1) is 0 Å². The predicted molar refractivity (Wildman–Crippen MR) is 98.2 cm³/mol. The molecule has 0 aromatic carbocycles. The maximum atomic E-state index is 12.5. The second-order valence-corrected chi connectivity index (χ2v) is 8.50. The van der Waals surface area contributed by atoms with Gasteiger partial charge in [-0.3, -0.25) is 14.6 Å². The zero-order valence-corrected chi connectivity index (χ0v) is 16.0. The molecule has 1 aromatic rings. The van der Waals surface area contributed by atoms with Crippen molar-refractivity contribution in [3.05, 3.63) is 24.5 Å². The van der Waals surface area contributed by atoms with Gasteiger partial charge in [-0.1, -0.05) is 0 Å². The third-order valence-electron chi connectivity index (χ3n) is 4.89. The minimum Gasteiger partial charge on any atom is -0.341 e. The number of hydrogen-bond donors (Lipinski definition) is 2. The van der Waals surface area contributed by atoms with Gasteiger partial charge >= 0.3 is 0 Å². The number of piperazine rings is 1. The Morgan fingerprint density at radius 3 is 2.96 bits per heavy atom. The van der Waals surface area contributed by atoms with Gasteiger partial charge in [0.2, 0.25) is 21.8 Å². The van der Waals surface area contributed by atoms with Crippen molar-refractivity contribution in [1.29, 1.82) is 0 Å². The number of nitrogens with one attached hydrogen (secondary N) is 2. The van der Waals surface area contributed by atoms with Gasteiger partial charge in [0.15, 0.2) is 0 Å². The lowest BCUT2D eigenvalue weighted by Crippen LogP contribution is -2.57. The second-order valence-electron chi connectivity index (χ2n) is 6.74. The monoisotopic (exact) mass is 395 g/mol. The molecule has 27 heavy (non-hydrogen) atoms. The average Bonchev–Trinajstić information content (AvgIpc) is 2.69. The summed E-state index contributed by atoms with van der Waals surface area (Å²) in [5.41, 5.74) is 0. The lowest BCUT2D eigenvalue weighted by atomic mass is 10.0. The molecule has 2 N–H and O–H groups in total. The molecule has 3 rings (SSSR count). The van der Waals surface area contributed by atoms with Crippen LogP contribution in [0.15, 0.2) is 29.4 Å². The van der Waals surface area contributed by atoms with E-state index in [0.717, 1.165) is 19.4 Å². The van der Waals surface area contributed by atoms with Gasteiger partial charge in [0.1, 0.15) is 4.90 Å². The summed E-state index contributed by atoms with van der Waals surface area (Å²) < 4.78 is 26.8.